The van der Waals surface area contributed by atoms with Crippen LogP contribution in [0.1, 0.15) is 32.1 Å². The molecule has 2 N–H and O–H groups in total. The van der Waals surface area contributed by atoms with Crippen LogP contribution in [0.15, 0.2) is 24.3 Å². The average molecular weight is 342 g/mol. The number of carboxylic acids is 2. The van der Waals surface area contributed by atoms with Gasteiger partial charge in [0.15, 0.2) is 6.10 Å². The molecule has 24 heavy (non-hydrogen) atoms. The number of likely N-dealkylation sites (N-methyl/N-ethyl adjacent to an activating group) is 1. The van der Waals surface area contributed by atoms with Gasteiger partial charge in [-0.3, -0.25) is 14.4 Å². The summed E-state index contributed by atoms with van der Waals surface area (Å²) in [6, 6.07) is 0. The van der Waals surface area contributed by atoms with Crippen molar-refractivity contribution in [1.82, 2.24) is 0 Å². The lowest BCUT2D eigenvalue weighted by Gasteiger charge is -2.28. The molecular weight excluding hydrogens is 314 g/mol. The van der Waals surface area contributed by atoms with Crippen LogP contribution in [-0.4, -0.2) is 66.4 Å². The normalized spacial score (nSPS) is 13.3. The Morgan fingerprint density at radius 2 is 1.50 bits per heavy atom. The van der Waals surface area contributed by atoms with Gasteiger partial charge in [0.2, 0.25) is 0 Å². The van der Waals surface area contributed by atoms with Crippen LogP contribution in [0.3, 0.4) is 0 Å². The molecule has 0 aromatic carbocycles. The molecule has 1 unspecified atom stereocenters. The molecule has 0 rings (SSSR count). The molecule has 0 spiro atoms. The zero-order valence-electron chi connectivity index (χ0n) is 14.6. The van der Waals surface area contributed by atoms with E-state index in [-0.39, 0.29) is 19.3 Å². The van der Waals surface area contributed by atoms with Crippen LogP contribution >= 0.6 is 0 Å². The Morgan fingerprint density at radius 1 is 0.958 bits per heavy atom. The number of carbonyl (C=O) groups is 3. The highest BCUT2D eigenvalue weighted by atomic mass is 16.5. The average Bonchev–Trinajstić information content (AvgIpc) is 2.38. The number of carboxylic acid groups (broad SMARTS) is 2. The lowest BCUT2D eigenvalue weighted by atomic mass is 10.2. The number of hydrogen-bond acceptors (Lipinski definition) is 4. The number of esters is 1. The van der Waals surface area contributed by atoms with Crippen molar-refractivity contribution in [2.75, 3.05) is 27.7 Å². The van der Waals surface area contributed by atoms with Crippen LogP contribution in [-0.2, 0) is 19.1 Å². The van der Waals surface area contributed by atoms with Gasteiger partial charge in [0.1, 0.15) is 6.54 Å². The minimum atomic E-state index is -0.993. The van der Waals surface area contributed by atoms with Crippen molar-refractivity contribution in [1.29, 1.82) is 0 Å². The summed E-state index contributed by atoms with van der Waals surface area (Å²) in [4.78, 5) is 33.0. The van der Waals surface area contributed by atoms with Crippen LogP contribution in [0.4, 0.5) is 0 Å². The number of aliphatic carboxylic acids is 2. The van der Waals surface area contributed by atoms with Crippen molar-refractivity contribution in [3.8, 4) is 0 Å². The number of hydrogen-bond donors (Lipinski definition) is 2. The second-order valence-electron chi connectivity index (χ2n) is 6.51. The van der Waals surface area contributed by atoms with Gasteiger partial charge in [-0.2, -0.15) is 0 Å². The maximum Gasteiger partial charge on any atom is 0.307 e. The maximum absolute atomic E-state index is 11.8. The Morgan fingerprint density at radius 3 is 1.96 bits per heavy atom. The van der Waals surface area contributed by atoms with E-state index in [1.165, 1.54) is 0 Å². The first kappa shape index (κ1) is 21.9. The number of carbonyl (C=O) groups excluding carboxylic acids is 1. The topological polar surface area (TPSA) is 101 Å². The maximum atomic E-state index is 11.8. The number of nitrogens with zero attached hydrogens (tertiary/aromatic N) is 1. The molecule has 136 valence electrons. The molecule has 0 saturated carbocycles. The third-order valence-corrected chi connectivity index (χ3v) is 2.88. The molecule has 0 radical (unpaired) electrons. The predicted octanol–water partition coefficient (Wildman–Crippen LogP) is 1.84. The van der Waals surface area contributed by atoms with Crippen molar-refractivity contribution in [2.24, 2.45) is 0 Å². The summed E-state index contributed by atoms with van der Waals surface area (Å²) in [5, 5.41) is 17.4. The molecule has 0 amide bonds. The third-order valence-electron chi connectivity index (χ3n) is 2.88. The zero-order valence-corrected chi connectivity index (χ0v) is 14.6. The van der Waals surface area contributed by atoms with E-state index >= 15 is 0 Å². The van der Waals surface area contributed by atoms with Crippen molar-refractivity contribution < 1.29 is 33.8 Å². The summed E-state index contributed by atoms with van der Waals surface area (Å²) < 4.78 is 5.76. The minimum Gasteiger partial charge on any atom is -0.481 e. The smallest absolute Gasteiger partial charge is 0.307 e. The lowest BCUT2D eigenvalue weighted by Crippen LogP contribution is -2.43. The second-order valence-corrected chi connectivity index (χ2v) is 6.51. The lowest BCUT2D eigenvalue weighted by molar-refractivity contribution is -0.873. The number of allylic oxidation sites excluding steroid dienone is 4. The Labute approximate surface area is 142 Å². The van der Waals surface area contributed by atoms with Gasteiger partial charge in [0.25, 0.3) is 0 Å². The van der Waals surface area contributed by atoms with Gasteiger partial charge in [0.05, 0.1) is 27.6 Å². The van der Waals surface area contributed by atoms with E-state index in [0.717, 1.165) is 0 Å². The largest absolute Gasteiger partial charge is 0.481 e. The molecular formula is C17H28NO6+. The first-order valence-corrected chi connectivity index (χ1v) is 7.85. The van der Waals surface area contributed by atoms with Gasteiger partial charge in [-0.05, 0) is 12.8 Å². The summed E-state index contributed by atoms with van der Waals surface area (Å²) in [7, 11) is 5.71. The third kappa shape index (κ3) is 14.8. The summed E-state index contributed by atoms with van der Waals surface area (Å²) in [5.41, 5.74) is 0. The van der Waals surface area contributed by atoms with E-state index in [4.69, 9.17) is 14.9 Å². The van der Waals surface area contributed by atoms with Gasteiger partial charge >= 0.3 is 17.9 Å². The molecule has 0 bridgehead atoms. The molecule has 7 heteroatoms. The van der Waals surface area contributed by atoms with Crippen LogP contribution < -0.4 is 0 Å². The van der Waals surface area contributed by atoms with Gasteiger partial charge in [0, 0.05) is 12.8 Å². The Hall–Kier alpha value is -2.15. The van der Waals surface area contributed by atoms with Gasteiger partial charge in [-0.25, -0.2) is 0 Å². The zero-order chi connectivity index (χ0) is 18.6. The van der Waals surface area contributed by atoms with E-state index in [1.807, 2.05) is 21.1 Å². The van der Waals surface area contributed by atoms with E-state index in [0.29, 0.717) is 23.9 Å². The highest BCUT2D eigenvalue weighted by Gasteiger charge is 2.24. The predicted molar refractivity (Wildman–Crippen MR) is 89.4 cm³/mol. The molecule has 0 aromatic heterocycles. The first-order valence-electron chi connectivity index (χ1n) is 7.85. The quantitative estimate of drug-likeness (QED) is 0.319. The molecule has 0 saturated heterocycles. The highest BCUT2D eigenvalue weighted by molar-refractivity contribution is 5.71. The number of rotatable bonds is 12. The van der Waals surface area contributed by atoms with Crippen LogP contribution in [0.5, 0.6) is 0 Å². The molecule has 0 heterocycles. The van der Waals surface area contributed by atoms with E-state index in [1.54, 1.807) is 24.3 Å². The summed E-state index contributed by atoms with van der Waals surface area (Å²) >= 11 is 0. The summed E-state index contributed by atoms with van der Waals surface area (Å²) in [6.07, 6.45) is 7.36. The van der Waals surface area contributed by atoms with Gasteiger partial charge in [-0.15, -0.1) is 0 Å². The molecule has 0 aromatic rings. The van der Waals surface area contributed by atoms with E-state index in [2.05, 4.69) is 0 Å². The van der Waals surface area contributed by atoms with Gasteiger partial charge < -0.3 is 19.4 Å². The standard InChI is InChI=1S/C17H27NO6/c1-18(2,3)13-14(12-16(21)22)24-17(23)11-9-7-5-4-6-8-10-15(19)20/h4-7,14H,8-13H2,1-3H3,(H-,19,20,21,22)/p+1/b6-4+,7-5+. The van der Waals surface area contributed by atoms with Crippen molar-refractivity contribution >= 4 is 17.9 Å². The minimum absolute atomic E-state index is 0.0912. The second kappa shape index (κ2) is 11.4. The SMILES string of the molecule is C[N+](C)(C)CC(CC(=O)O)OC(=O)CC/C=C/C=C/CCC(=O)O. The fraction of sp³-hybridized carbons (Fsp3) is 0.588. The molecule has 0 fully saturated rings. The molecule has 0 aliphatic carbocycles. The summed E-state index contributed by atoms with van der Waals surface area (Å²) in [5.74, 6) is -2.25. The van der Waals surface area contributed by atoms with Crippen molar-refractivity contribution in [3.63, 3.8) is 0 Å². The Kier molecular flexibility index (Phi) is 10.4. The molecule has 1 atom stereocenters. The fourth-order valence-electron chi connectivity index (χ4n) is 1.95. The van der Waals surface area contributed by atoms with E-state index in [9.17, 15) is 14.4 Å². The molecule has 0 aliphatic rings. The highest BCUT2D eigenvalue weighted by Crippen LogP contribution is 2.07. The monoisotopic (exact) mass is 342 g/mol. The fourth-order valence-corrected chi connectivity index (χ4v) is 1.95. The number of ether oxygens (including phenoxy) is 1. The Balaban J connectivity index is 4.15. The Bertz CT molecular complexity index is 476. The first-order chi connectivity index (χ1) is 11.1. The van der Waals surface area contributed by atoms with Crippen molar-refractivity contribution in [3.05, 3.63) is 24.3 Å². The molecule has 0 aliphatic heterocycles. The van der Waals surface area contributed by atoms with Gasteiger partial charge in [-0.1, -0.05) is 24.3 Å². The van der Waals surface area contributed by atoms with Crippen LogP contribution in [0.25, 0.3) is 0 Å². The van der Waals surface area contributed by atoms with Crippen molar-refractivity contribution in [2.45, 2.75) is 38.2 Å². The van der Waals surface area contributed by atoms with Crippen LogP contribution in [0, 0.1) is 0 Å². The summed E-state index contributed by atoms with van der Waals surface area (Å²) in [6.45, 7) is 0.431. The van der Waals surface area contributed by atoms with Crippen LogP contribution in [0.2, 0.25) is 0 Å². The molecule has 7 nitrogen and oxygen atoms in total. The number of quaternary nitrogens is 1. The van der Waals surface area contributed by atoms with E-state index < -0.39 is 24.0 Å².